The topological polar surface area (TPSA) is 96.3 Å². The number of aromatic amines is 1. The van der Waals surface area contributed by atoms with E-state index in [1.807, 2.05) is 18.3 Å². The number of aliphatic imine (C=N–C) groups is 1. The van der Waals surface area contributed by atoms with Crippen LogP contribution < -0.4 is 11.5 Å². The normalized spacial score (nSPS) is 18.9. The maximum atomic E-state index is 6.29. The predicted octanol–water partition coefficient (Wildman–Crippen LogP) is 3.61. The Morgan fingerprint density at radius 1 is 1.10 bits per heavy atom. The average Bonchev–Trinajstić information content (AvgIpc) is 3.37. The van der Waals surface area contributed by atoms with E-state index in [2.05, 4.69) is 44.1 Å². The molecule has 0 atom stereocenters. The molecule has 5 N–H and O–H groups in total. The fourth-order valence-electron chi connectivity index (χ4n) is 4.73. The third kappa shape index (κ3) is 3.65. The second-order valence-corrected chi connectivity index (χ2v) is 9.39. The monoisotopic (exact) mass is 418 g/mol. The van der Waals surface area contributed by atoms with Crippen molar-refractivity contribution in [2.24, 2.45) is 21.9 Å². The van der Waals surface area contributed by atoms with Crippen molar-refractivity contribution in [2.75, 3.05) is 13.1 Å². The number of likely N-dealkylation sites (tertiary alicyclic amines) is 1. The maximum Gasteiger partial charge on any atom is 0.195 e. The maximum absolute atomic E-state index is 6.29. The summed E-state index contributed by atoms with van der Waals surface area (Å²) in [6.45, 7) is 1.89. The van der Waals surface area contributed by atoms with E-state index in [1.165, 1.54) is 35.7 Å². The van der Waals surface area contributed by atoms with Crippen LogP contribution in [0, 0.1) is 5.41 Å². The summed E-state index contributed by atoms with van der Waals surface area (Å²) in [6, 6.07) is 12.8. The zero-order chi connectivity index (χ0) is 20.6. The predicted molar refractivity (Wildman–Crippen MR) is 123 cm³/mol. The summed E-state index contributed by atoms with van der Waals surface area (Å²) in [5.74, 6) is 0.547. The van der Waals surface area contributed by atoms with Crippen molar-refractivity contribution in [3.05, 3.63) is 71.1 Å². The van der Waals surface area contributed by atoms with Crippen LogP contribution in [0.15, 0.2) is 69.9 Å². The van der Waals surface area contributed by atoms with E-state index in [0.717, 1.165) is 41.9 Å². The van der Waals surface area contributed by atoms with Gasteiger partial charge in [-0.15, -0.1) is 0 Å². The number of pyridine rings is 1. The van der Waals surface area contributed by atoms with Gasteiger partial charge in [0.05, 0.1) is 11.2 Å². The largest absolute Gasteiger partial charge is 0.392 e. The molecule has 0 saturated carbocycles. The lowest BCUT2D eigenvalue weighted by molar-refractivity contribution is 0.157. The Morgan fingerprint density at radius 3 is 2.57 bits per heavy atom. The number of hydrogen-bond donors (Lipinski definition) is 3. The third-order valence-corrected chi connectivity index (χ3v) is 7.29. The molecule has 5 rings (SSSR count). The summed E-state index contributed by atoms with van der Waals surface area (Å²) >= 11 is 1.47. The molecule has 2 aromatic heterocycles. The molecule has 0 bridgehead atoms. The number of benzene rings is 1. The van der Waals surface area contributed by atoms with Gasteiger partial charge in [0.2, 0.25) is 0 Å². The van der Waals surface area contributed by atoms with Crippen LogP contribution >= 0.6 is 11.8 Å². The molecule has 154 valence electrons. The van der Waals surface area contributed by atoms with Gasteiger partial charge in [0.25, 0.3) is 0 Å². The van der Waals surface area contributed by atoms with Crippen molar-refractivity contribution < 1.29 is 0 Å². The van der Waals surface area contributed by atoms with Gasteiger partial charge >= 0.3 is 0 Å². The molecule has 1 aliphatic heterocycles. The molecule has 2 aliphatic rings. The van der Waals surface area contributed by atoms with E-state index < -0.39 is 0 Å². The lowest BCUT2D eigenvalue weighted by Gasteiger charge is -2.39. The summed E-state index contributed by atoms with van der Waals surface area (Å²) in [6.07, 6.45) is 9.99. The van der Waals surface area contributed by atoms with Crippen LogP contribution in [0.25, 0.3) is 11.0 Å². The van der Waals surface area contributed by atoms with Crippen LogP contribution in [-0.2, 0) is 12.8 Å². The summed E-state index contributed by atoms with van der Waals surface area (Å²) in [7, 11) is 0. The summed E-state index contributed by atoms with van der Waals surface area (Å²) < 4.78 is 0. The molecule has 1 spiro atoms. The number of aromatic nitrogens is 2. The molecule has 1 aromatic carbocycles. The van der Waals surface area contributed by atoms with Crippen molar-refractivity contribution in [1.29, 1.82) is 0 Å². The highest BCUT2D eigenvalue weighted by Crippen LogP contribution is 2.44. The molecule has 3 heterocycles. The lowest BCUT2D eigenvalue weighted by Crippen LogP contribution is -2.46. The van der Waals surface area contributed by atoms with E-state index in [-0.39, 0.29) is 0 Å². The first-order valence-electron chi connectivity index (χ1n) is 10.3. The molecular weight excluding hydrogens is 392 g/mol. The first-order chi connectivity index (χ1) is 14.6. The fraction of sp³-hybridized carbons (Fsp3) is 0.304. The Bertz CT molecular complexity index is 1100. The van der Waals surface area contributed by atoms with E-state index >= 15 is 0 Å². The highest BCUT2D eigenvalue weighted by Gasteiger charge is 2.39. The molecule has 0 unspecified atom stereocenters. The van der Waals surface area contributed by atoms with Crippen LogP contribution in [0.1, 0.15) is 24.0 Å². The van der Waals surface area contributed by atoms with Crippen molar-refractivity contribution in [1.82, 2.24) is 14.9 Å². The highest BCUT2D eigenvalue weighted by atomic mass is 32.2. The number of nitrogens with one attached hydrogen (secondary N) is 1. The summed E-state index contributed by atoms with van der Waals surface area (Å²) in [5.41, 5.74) is 16.8. The Hall–Kier alpha value is -2.93. The average molecular weight is 419 g/mol. The van der Waals surface area contributed by atoms with Gasteiger partial charge in [-0.2, -0.15) is 0 Å². The van der Waals surface area contributed by atoms with Crippen LogP contribution in [0.3, 0.4) is 0 Å². The Morgan fingerprint density at radius 2 is 1.83 bits per heavy atom. The minimum absolute atomic E-state index is 0.397. The second kappa shape index (κ2) is 7.72. The van der Waals surface area contributed by atoms with E-state index in [9.17, 15) is 0 Å². The van der Waals surface area contributed by atoms with Gasteiger partial charge in [-0.3, -0.25) is 0 Å². The van der Waals surface area contributed by atoms with Crippen LogP contribution in [0.4, 0.5) is 0 Å². The summed E-state index contributed by atoms with van der Waals surface area (Å²) in [4.78, 5) is 15.1. The Labute approximate surface area is 180 Å². The van der Waals surface area contributed by atoms with Gasteiger partial charge in [-0.1, -0.05) is 36.0 Å². The number of H-pyrrole nitrogens is 1. The van der Waals surface area contributed by atoms with Gasteiger partial charge in [0.1, 0.15) is 5.65 Å². The number of fused-ring (bicyclic) bond motifs is 2. The van der Waals surface area contributed by atoms with Crippen LogP contribution in [0.2, 0.25) is 0 Å². The molecule has 7 heteroatoms. The van der Waals surface area contributed by atoms with Gasteiger partial charge in [-0.25, -0.2) is 9.98 Å². The molecule has 1 saturated heterocycles. The van der Waals surface area contributed by atoms with Crippen LogP contribution in [0.5, 0.6) is 0 Å². The smallest absolute Gasteiger partial charge is 0.195 e. The van der Waals surface area contributed by atoms with Crippen molar-refractivity contribution >= 4 is 28.8 Å². The van der Waals surface area contributed by atoms with Crippen molar-refractivity contribution in [2.45, 2.75) is 30.6 Å². The number of nitrogens with zero attached hydrogens (tertiary/aromatic N) is 3. The molecular formula is C23H26N6S. The first kappa shape index (κ1) is 19.1. The molecule has 1 aliphatic carbocycles. The van der Waals surface area contributed by atoms with E-state index in [1.54, 1.807) is 12.4 Å². The van der Waals surface area contributed by atoms with Crippen molar-refractivity contribution in [3.63, 3.8) is 0 Å². The first-order valence-corrected chi connectivity index (χ1v) is 11.1. The standard InChI is InChI=1S/C23H26N6S/c24-20(30-19-6-10-27-21-18(19)5-9-26-21)15-28-22(25)29-11-7-23(8-12-29)13-16-3-1-2-4-17(16)14-23/h1-6,9-10,15H,7-8,11-14,24H2,(H2,25,28)(H,26,27)/b20-15+. The van der Waals surface area contributed by atoms with Crippen molar-refractivity contribution in [3.8, 4) is 0 Å². The van der Waals surface area contributed by atoms with Gasteiger partial charge in [-0.05, 0) is 54.4 Å². The minimum Gasteiger partial charge on any atom is -0.392 e. The Kier molecular flexibility index (Phi) is 4.90. The molecule has 0 amide bonds. The van der Waals surface area contributed by atoms with Gasteiger partial charge in [0, 0.05) is 35.8 Å². The van der Waals surface area contributed by atoms with E-state index in [0.29, 0.717) is 16.4 Å². The number of thioether (sulfide) groups is 1. The third-order valence-electron chi connectivity index (χ3n) is 6.37. The zero-order valence-electron chi connectivity index (χ0n) is 16.8. The minimum atomic E-state index is 0.397. The van der Waals surface area contributed by atoms with Gasteiger partial charge in [0.15, 0.2) is 5.96 Å². The van der Waals surface area contributed by atoms with Crippen LogP contribution in [-0.4, -0.2) is 33.9 Å². The molecule has 3 aromatic rings. The number of rotatable bonds is 3. The molecule has 6 nitrogen and oxygen atoms in total. The number of guanidine groups is 1. The van der Waals surface area contributed by atoms with Gasteiger partial charge < -0.3 is 21.4 Å². The fourth-order valence-corrected chi connectivity index (χ4v) is 5.49. The molecule has 1 fully saturated rings. The highest BCUT2D eigenvalue weighted by molar-refractivity contribution is 8.03. The SMILES string of the molecule is NC(=N/C=C(\N)Sc1ccnc2[nH]ccc12)N1CCC2(CC1)Cc1ccccc1C2. The number of piperidine rings is 1. The lowest BCUT2D eigenvalue weighted by atomic mass is 9.76. The zero-order valence-corrected chi connectivity index (χ0v) is 17.7. The molecule has 30 heavy (non-hydrogen) atoms. The molecule has 0 radical (unpaired) electrons. The summed E-state index contributed by atoms with van der Waals surface area (Å²) in [5, 5.41) is 1.65. The number of hydrogen-bond acceptors (Lipinski definition) is 4. The Balaban J connectivity index is 1.21. The van der Waals surface area contributed by atoms with E-state index in [4.69, 9.17) is 11.5 Å². The quantitative estimate of drug-likeness (QED) is 0.343. The second-order valence-electron chi connectivity index (χ2n) is 8.28. The number of nitrogens with two attached hydrogens (primary N) is 2.